The maximum absolute atomic E-state index is 13.1. The number of pyridine rings is 1. The summed E-state index contributed by atoms with van der Waals surface area (Å²) in [6.07, 6.45) is 3.80. The third-order valence-corrected chi connectivity index (χ3v) is 5.31. The average molecular weight is 386 g/mol. The van der Waals surface area contributed by atoms with Gasteiger partial charge in [0, 0.05) is 26.2 Å². The quantitative estimate of drug-likeness (QED) is 0.578. The van der Waals surface area contributed by atoms with Crippen LogP contribution < -0.4 is 4.90 Å². The number of hydrogen-bond donors (Lipinski definition) is 0. The molecule has 3 heterocycles. The Morgan fingerprint density at radius 3 is 2.32 bits per heavy atom. The lowest BCUT2D eigenvalue weighted by atomic mass is 9.82. The van der Waals surface area contributed by atoms with E-state index < -0.39 is 5.60 Å². The number of rotatable bonds is 3. The van der Waals surface area contributed by atoms with Crippen molar-refractivity contribution in [3.8, 4) is 0 Å². The Morgan fingerprint density at radius 2 is 1.79 bits per heavy atom. The van der Waals surface area contributed by atoms with Crippen molar-refractivity contribution in [1.82, 2.24) is 9.38 Å². The van der Waals surface area contributed by atoms with Crippen LogP contribution in [0.25, 0.3) is 5.65 Å². The third kappa shape index (κ3) is 4.05. The molecule has 0 radical (unpaired) electrons. The lowest BCUT2D eigenvalue weighted by Gasteiger charge is -2.39. The highest BCUT2D eigenvalue weighted by atomic mass is 16.6. The van der Waals surface area contributed by atoms with E-state index in [1.54, 1.807) is 6.20 Å². The van der Waals surface area contributed by atoms with Gasteiger partial charge >= 0.3 is 5.97 Å². The predicted molar refractivity (Wildman–Crippen MR) is 110 cm³/mol. The Hall–Kier alpha value is -2.37. The monoisotopic (exact) mass is 385 g/mol. The van der Waals surface area contributed by atoms with Crippen LogP contribution in [-0.4, -0.2) is 39.8 Å². The number of imidazole rings is 1. The predicted octanol–water partition coefficient (Wildman–Crippen LogP) is 4.43. The summed E-state index contributed by atoms with van der Waals surface area (Å²) in [7, 11) is 0. The van der Waals surface area contributed by atoms with Crippen LogP contribution in [0, 0.1) is 12.3 Å². The van der Waals surface area contributed by atoms with Crippen molar-refractivity contribution < 1.29 is 14.3 Å². The van der Waals surface area contributed by atoms with Crippen LogP contribution in [0.4, 0.5) is 5.82 Å². The van der Waals surface area contributed by atoms with Crippen molar-refractivity contribution in [2.75, 3.05) is 18.0 Å². The van der Waals surface area contributed by atoms with E-state index in [4.69, 9.17) is 4.74 Å². The Kier molecular flexibility index (Phi) is 5.02. The molecule has 1 saturated heterocycles. The van der Waals surface area contributed by atoms with Crippen LogP contribution in [0.5, 0.6) is 0 Å². The first kappa shape index (κ1) is 20.4. The van der Waals surface area contributed by atoms with Crippen LogP contribution in [-0.2, 0) is 4.74 Å². The normalized spacial score (nSPS) is 17.0. The second kappa shape index (κ2) is 6.90. The molecule has 0 aliphatic carbocycles. The number of aryl methyl sites for hydroxylation is 1. The summed E-state index contributed by atoms with van der Waals surface area (Å²) in [5.41, 5.74) is 2.13. The number of hydrogen-bond acceptors (Lipinski definition) is 5. The summed E-state index contributed by atoms with van der Waals surface area (Å²) in [6, 6.07) is 1.85. The Balaban J connectivity index is 2.19. The lowest BCUT2D eigenvalue weighted by molar-refractivity contribution is 0.00688. The molecule has 0 unspecified atom stereocenters. The first-order chi connectivity index (χ1) is 12.9. The van der Waals surface area contributed by atoms with Gasteiger partial charge in [0.05, 0.1) is 0 Å². The van der Waals surface area contributed by atoms with Gasteiger partial charge in [0.25, 0.3) is 0 Å². The number of fused-ring (bicyclic) bond motifs is 1. The molecule has 1 aliphatic heterocycles. The van der Waals surface area contributed by atoms with Gasteiger partial charge in [-0.1, -0.05) is 13.8 Å². The van der Waals surface area contributed by atoms with Gasteiger partial charge < -0.3 is 9.64 Å². The maximum atomic E-state index is 13.1. The van der Waals surface area contributed by atoms with E-state index in [9.17, 15) is 9.59 Å². The van der Waals surface area contributed by atoms with Crippen LogP contribution in [0.1, 0.15) is 80.8 Å². The minimum atomic E-state index is -0.584. The average Bonchev–Trinajstić information content (AvgIpc) is 2.96. The minimum absolute atomic E-state index is 0.0918. The van der Waals surface area contributed by atoms with Crippen molar-refractivity contribution >= 4 is 23.2 Å². The highest BCUT2D eigenvalue weighted by Crippen LogP contribution is 2.35. The summed E-state index contributed by atoms with van der Waals surface area (Å²) < 4.78 is 7.59. The standard InChI is InChI=1S/C22H31N3O3/c1-14-12-17-23-16(15(2)26)13-25(17)19(18(14)20(27)28-21(3,4)5)24-10-8-22(6,7)9-11-24/h12-13H,8-11H2,1-7H3. The van der Waals surface area contributed by atoms with Gasteiger partial charge in [-0.15, -0.1) is 0 Å². The molecule has 6 nitrogen and oxygen atoms in total. The molecule has 2 aromatic rings. The lowest BCUT2D eigenvalue weighted by Crippen LogP contribution is -2.39. The summed E-state index contributed by atoms with van der Waals surface area (Å²) >= 11 is 0. The molecule has 0 spiro atoms. The van der Waals surface area contributed by atoms with Gasteiger partial charge in [0.1, 0.15) is 28.3 Å². The number of Topliss-reactive ketones (excluding diaryl/α,β-unsaturated/α-hetero) is 1. The fraction of sp³-hybridized carbons (Fsp3) is 0.591. The van der Waals surface area contributed by atoms with E-state index >= 15 is 0 Å². The van der Waals surface area contributed by atoms with Crippen LogP contribution >= 0.6 is 0 Å². The van der Waals surface area contributed by atoms with Gasteiger partial charge in [-0.05, 0) is 57.6 Å². The maximum Gasteiger partial charge on any atom is 0.342 e. The number of nitrogens with zero attached hydrogens (tertiary/aromatic N) is 3. The molecule has 1 aliphatic rings. The molecule has 0 saturated carbocycles. The second-order valence-corrected chi connectivity index (χ2v) is 9.59. The topological polar surface area (TPSA) is 63.9 Å². The van der Waals surface area contributed by atoms with Crippen molar-refractivity contribution in [3.63, 3.8) is 0 Å². The Morgan fingerprint density at radius 1 is 1.18 bits per heavy atom. The molecule has 1 fully saturated rings. The van der Waals surface area contributed by atoms with Gasteiger partial charge in [0.2, 0.25) is 0 Å². The molecular weight excluding hydrogens is 354 g/mol. The molecule has 6 heteroatoms. The van der Waals surface area contributed by atoms with E-state index in [1.807, 2.05) is 38.2 Å². The first-order valence-electron chi connectivity index (χ1n) is 9.90. The van der Waals surface area contributed by atoms with Crippen molar-refractivity contribution in [1.29, 1.82) is 0 Å². The van der Waals surface area contributed by atoms with Crippen molar-refractivity contribution in [2.24, 2.45) is 5.41 Å². The Bertz CT molecular complexity index is 925. The van der Waals surface area contributed by atoms with Crippen molar-refractivity contribution in [2.45, 2.75) is 66.9 Å². The van der Waals surface area contributed by atoms with E-state index in [0.717, 1.165) is 37.3 Å². The number of piperidine rings is 1. The highest BCUT2D eigenvalue weighted by Gasteiger charge is 2.32. The number of carbonyl (C=O) groups is 2. The summed E-state index contributed by atoms with van der Waals surface area (Å²) in [4.78, 5) is 31.7. The summed E-state index contributed by atoms with van der Waals surface area (Å²) in [6.45, 7) is 15.2. The first-order valence-corrected chi connectivity index (χ1v) is 9.90. The summed E-state index contributed by atoms with van der Waals surface area (Å²) in [5, 5.41) is 0. The van der Waals surface area contributed by atoms with Crippen LogP contribution in [0.2, 0.25) is 0 Å². The molecule has 0 N–H and O–H groups in total. The SMILES string of the molecule is CC(=O)c1cn2c(N3CCC(C)(C)CC3)c(C(=O)OC(C)(C)C)c(C)cc2n1. The van der Waals surface area contributed by atoms with E-state index in [-0.39, 0.29) is 17.2 Å². The number of ketones is 1. The molecule has 0 bridgehead atoms. The molecule has 3 rings (SSSR count). The number of aromatic nitrogens is 2. The fourth-order valence-corrected chi connectivity index (χ4v) is 3.61. The molecule has 0 atom stereocenters. The second-order valence-electron chi connectivity index (χ2n) is 9.59. The van der Waals surface area contributed by atoms with Crippen LogP contribution in [0.15, 0.2) is 12.3 Å². The third-order valence-electron chi connectivity index (χ3n) is 5.31. The number of ether oxygens (including phenoxy) is 1. The highest BCUT2D eigenvalue weighted by molar-refractivity contribution is 5.98. The van der Waals surface area contributed by atoms with Crippen molar-refractivity contribution in [3.05, 3.63) is 29.1 Å². The molecule has 0 amide bonds. The molecular formula is C22H31N3O3. The largest absolute Gasteiger partial charge is 0.456 e. The van der Waals surface area contributed by atoms with E-state index in [2.05, 4.69) is 23.7 Å². The van der Waals surface area contributed by atoms with Gasteiger partial charge in [-0.25, -0.2) is 9.78 Å². The number of carbonyl (C=O) groups excluding carboxylic acids is 2. The zero-order chi connectivity index (χ0) is 20.9. The smallest absolute Gasteiger partial charge is 0.342 e. The Labute approximate surface area is 166 Å². The number of anilines is 1. The molecule has 0 aromatic carbocycles. The molecule has 152 valence electrons. The van der Waals surface area contributed by atoms with Gasteiger partial charge in [-0.2, -0.15) is 0 Å². The summed E-state index contributed by atoms with van der Waals surface area (Å²) in [5.74, 6) is 0.343. The van der Waals surface area contributed by atoms with E-state index in [0.29, 0.717) is 16.9 Å². The zero-order valence-corrected chi connectivity index (χ0v) is 18.0. The number of esters is 1. The molecule has 2 aromatic heterocycles. The molecule has 28 heavy (non-hydrogen) atoms. The van der Waals surface area contributed by atoms with Crippen LogP contribution in [0.3, 0.4) is 0 Å². The zero-order valence-electron chi connectivity index (χ0n) is 18.0. The fourth-order valence-electron chi connectivity index (χ4n) is 3.61. The van der Waals surface area contributed by atoms with Gasteiger partial charge in [-0.3, -0.25) is 9.20 Å². The van der Waals surface area contributed by atoms with E-state index in [1.165, 1.54) is 6.92 Å². The minimum Gasteiger partial charge on any atom is -0.456 e. The van der Waals surface area contributed by atoms with Gasteiger partial charge in [0.15, 0.2) is 5.78 Å².